The predicted octanol–water partition coefficient (Wildman–Crippen LogP) is 2.45. The number of nitrogens with one attached hydrogen (secondary N) is 1. The molecule has 2 aromatic rings. The van der Waals surface area contributed by atoms with Crippen molar-refractivity contribution in [2.45, 2.75) is 6.54 Å². The summed E-state index contributed by atoms with van der Waals surface area (Å²) in [5, 5.41) is 13.5. The van der Waals surface area contributed by atoms with Gasteiger partial charge in [-0.15, -0.1) is 0 Å². The third-order valence-corrected chi connectivity index (χ3v) is 3.69. The number of benzene rings is 2. The Morgan fingerprint density at radius 1 is 1.07 bits per heavy atom. The zero-order valence-electron chi connectivity index (χ0n) is 15.5. The van der Waals surface area contributed by atoms with Gasteiger partial charge < -0.3 is 24.3 Å². The van der Waals surface area contributed by atoms with Gasteiger partial charge >= 0.3 is 5.69 Å². The fraction of sp³-hybridized carbons (Fsp3) is 0.278. The highest BCUT2D eigenvalue weighted by Gasteiger charge is 2.17. The van der Waals surface area contributed by atoms with Gasteiger partial charge in [0.1, 0.15) is 5.82 Å². The summed E-state index contributed by atoms with van der Waals surface area (Å²) < 4.78 is 34.1. The first kappa shape index (κ1) is 20.7. The molecule has 0 aromatic heterocycles. The van der Waals surface area contributed by atoms with E-state index in [1.807, 2.05) is 0 Å². The van der Waals surface area contributed by atoms with Crippen LogP contribution in [0.3, 0.4) is 0 Å². The van der Waals surface area contributed by atoms with E-state index in [-0.39, 0.29) is 12.3 Å². The Morgan fingerprint density at radius 2 is 1.71 bits per heavy atom. The normalized spacial score (nSPS) is 10.1. The van der Waals surface area contributed by atoms with Crippen molar-refractivity contribution in [1.82, 2.24) is 5.32 Å². The second-order valence-electron chi connectivity index (χ2n) is 5.47. The molecule has 150 valence electrons. The number of halogens is 1. The van der Waals surface area contributed by atoms with E-state index in [1.54, 1.807) is 12.1 Å². The van der Waals surface area contributed by atoms with Crippen molar-refractivity contribution >= 4 is 11.6 Å². The number of rotatable bonds is 9. The van der Waals surface area contributed by atoms with E-state index < -0.39 is 28.9 Å². The third kappa shape index (κ3) is 5.00. The van der Waals surface area contributed by atoms with Crippen molar-refractivity contribution in [3.8, 4) is 23.0 Å². The van der Waals surface area contributed by atoms with Gasteiger partial charge in [0, 0.05) is 18.7 Å². The van der Waals surface area contributed by atoms with E-state index in [0.29, 0.717) is 22.8 Å². The summed E-state index contributed by atoms with van der Waals surface area (Å²) >= 11 is 0. The molecule has 0 aliphatic carbocycles. The fourth-order valence-corrected chi connectivity index (χ4v) is 2.39. The molecular formula is C18H19FN2O7. The maximum Gasteiger partial charge on any atom is 0.311 e. The van der Waals surface area contributed by atoms with Crippen LogP contribution in [-0.2, 0) is 11.3 Å². The average Bonchev–Trinajstić information content (AvgIpc) is 2.69. The van der Waals surface area contributed by atoms with E-state index in [0.717, 1.165) is 18.2 Å². The van der Waals surface area contributed by atoms with Crippen molar-refractivity contribution < 1.29 is 33.1 Å². The second kappa shape index (κ2) is 9.40. The number of hydrogen-bond acceptors (Lipinski definition) is 7. The van der Waals surface area contributed by atoms with Crippen LogP contribution in [0.2, 0.25) is 0 Å². The number of nitro groups is 1. The summed E-state index contributed by atoms with van der Waals surface area (Å²) in [6, 6.07) is 6.10. The largest absolute Gasteiger partial charge is 0.493 e. The van der Waals surface area contributed by atoms with Crippen LogP contribution in [0.5, 0.6) is 23.0 Å². The topological polar surface area (TPSA) is 109 Å². The standard InChI is InChI=1S/C18H19FN2O7/c1-25-15-6-11(7-16(26-2)18(15)27-3)9-20-17(22)10-28-14-8-12(19)4-5-13(14)21(23)24/h4-8H,9-10H2,1-3H3,(H,20,22). The van der Waals surface area contributed by atoms with Crippen LogP contribution in [0.4, 0.5) is 10.1 Å². The van der Waals surface area contributed by atoms with Crippen LogP contribution in [0.25, 0.3) is 0 Å². The van der Waals surface area contributed by atoms with Crippen LogP contribution < -0.4 is 24.3 Å². The monoisotopic (exact) mass is 394 g/mol. The van der Waals surface area contributed by atoms with Gasteiger partial charge in [-0.1, -0.05) is 0 Å². The first-order chi connectivity index (χ1) is 13.4. The highest BCUT2D eigenvalue weighted by molar-refractivity contribution is 5.77. The van der Waals surface area contributed by atoms with Crippen LogP contribution in [0.1, 0.15) is 5.56 Å². The molecule has 28 heavy (non-hydrogen) atoms. The Morgan fingerprint density at radius 3 is 2.25 bits per heavy atom. The number of carbonyl (C=O) groups is 1. The lowest BCUT2D eigenvalue weighted by Gasteiger charge is -2.14. The van der Waals surface area contributed by atoms with E-state index in [4.69, 9.17) is 18.9 Å². The number of methoxy groups -OCH3 is 3. The van der Waals surface area contributed by atoms with Crippen molar-refractivity contribution in [1.29, 1.82) is 0 Å². The lowest BCUT2D eigenvalue weighted by molar-refractivity contribution is -0.385. The van der Waals surface area contributed by atoms with Gasteiger partial charge in [-0.2, -0.15) is 0 Å². The molecule has 0 saturated heterocycles. The van der Waals surface area contributed by atoms with E-state index in [2.05, 4.69) is 5.32 Å². The molecule has 2 aromatic carbocycles. The number of carbonyl (C=O) groups excluding carboxylic acids is 1. The molecule has 2 rings (SSSR count). The minimum absolute atomic E-state index is 0.115. The molecule has 0 bridgehead atoms. The second-order valence-corrected chi connectivity index (χ2v) is 5.47. The van der Waals surface area contributed by atoms with E-state index in [1.165, 1.54) is 21.3 Å². The summed E-state index contributed by atoms with van der Waals surface area (Å²) in [7, 11) is 4.42. The van der Waals surface area contributed by atoms with Gasteiger partial charge in [0.15, 0.2) is 18.1 Å². The maximum absolute atomic E-state index is 13.3. The zero-order chi connectivity index (χ0) is 20.7. The van der Waals surface area contributed by atoms with Crippen LogP contribution in [0, 0.1) is 15.9 Å². The van der Waals surface area contributed by atoms with Crippen molar-refractivity contribution in [2.24, 2.45) is 0 Å². The molecule has 0 aliphatic rings. The molecule has 0 radical (unpaired) electrons. The average molecular weight is 394 g/mol. The lowest BCUT2D eigenvalue weighted by Crippen LogP contribution is -2.28. The number of amides is 1. The molecule has 0 unspecified atom stereocenters. The summed E-state index contributed by atoms with van der Waals surface area (Å²) in [5.74, 6) is -0.309. The molecule has 1 amide bonds. The molecule has 0 aliphatic heterocycles. The van der Waals surface area contributed by atoms with Gasteiger partial charge in [0.05, 0.1) is 26.3 Å². The SMILES string of the molecule is COc1cc(CNC(=O)COc2cc(F)ccc2[N+](=O)[O-])cc(OC)c1OC. The molecular weight excluding hydrogens is 375 g/mol. The fourth-order valence-electron chi connectivity index (χ4n) is 2.39. The van der Waals surface area contributed by atoms with Gasteiger partial charge in [-0.25, -0.2) is 4.39 Å². The molecule has 0 spiro atoms. The molecule has 0 saturated carbocycles. The lowest BCUT2D eigenvalue weighted by atomic mass is 10.1. The summed E-state index contributed by atoms with van der Waals surface area (Å²) in [6.07, 6.45) is 0. The molecule has 0 heterocycles. The summed E-state index contributed by atoms with van der Waals surface area (Å²) in [4.78, 5) is 22.2. The highest BCUT2D eigenvalue weighted by Crippen LogP contribution is 2.38. The third-order valence-electron chi connectivity index (χ3n) is 3.69. The van der Waals surface area contributed by atoms with Crippen molar-refractivity contribution in [3.05, 3.63) is 51.8 Å². The number of nitro benzene ring substituents is 1. The summed E-state index contributed by atoms with van der Waals surface area (Å²) in [6.45, 7) is -0.404. The number of nitrogens with zero attached hydrogens (tertiary/aromatic N) is 1. The Bertz CT molecular complexity index is 848. The Labute approximate surface area is 160 Å². The molecule has 0 atom stereocenters. The van der Waals surface area contributed by atoms with Crippen LogP contribution in [-0.4, -0.2) is 38.8 Å². The van der Waals surface area contributed by atoms with Gasteiger partial charge in [0.25, 0.3) is 5.91 Å². The highest BCUT2D eigenvalue weighted by atomic mass is 19.1. The van der Waals surface area contributed by atoms with Crippen LogP contribution in [0.15, 0.2) is 30.3 Å². The number of hydrogen-bond donors (Lipinski definition) is 1. The smallest absolute Gasteiger partial charge is 0.311 e. The predicted molar refractivity (Wildman–Crippen MR) is 96.5 cm³/mol. The molecule has 1 N–H and O–H groups in total. The minimum Gasteiger partial charge on any atom is -0.493 e. The molecule has 10 heteroatoms. The molecule has 9 nitrogen and oxygen atoms in total. The first-order valence-electron chi connectivity index (χ1n) is 8.02. The van der Waals surface area contributed by atoms with Gasteiger partial charge in [-0.3, -0.25) is 14.9 Å². The van der Waals surface area contributed by atoms with Crippen LogP contribution >= 0.6 is 0 Å². The summed E-state index contributed by atoms with van der Waals surface area (Å²) in [5.41, 5.74) is 0.235. The van der Waals surface area contributed by atoms with Crippen molar-refractivity contribution in [2.75, 3.05) is 27.9 Å². The number of ether oxygens (including phenoxy) is 4. The maximum atomic E-state index is 13.3. The first-order valence-corrected chi connectivity index (χ1v) is 8.02. The Kier molecular flexibility index (Phi) is 6.96. The Hall–Kier alpha value is -3.56. The van der Waals surface area contributed by atoms with Gasteiger partial charge in [0.2, 0.25) is 11.5 Å². The van der Waals surface area contributed by atoms with Gasteiger partial charge in [-0.05, 0) is 23.8 Å². The van der Waals surface area contributed by atoms with E-state index in [9.17, 15) is 19.3 Å². The minimum atomic E-state index is -0.720. The van der Waals surface area contributed by atoms with Crippen molar-refractivity contribution in [3.63, 3.8) is 0 Å². The molecule has 0 fully saturated rings. The van der Waals surface area contributed by atoms with E-state index >= 15 is 0 Å². The zero-order valence-corrected chi connectivity index (χ0v) is 15.5. The quantitative estimate of drug-likeness (QED) is 0.514. The Balaban J connectivity index is 2.02.